The summed E-state index contributed by atoms with van der Waals surface area (Å²) in [6, 6.07) is 10.8. The van der Waals surface area contributed by atoms with Gasteiger partial charge in [0, 0.05) is 36.6 Å². The van der Waals surface area contributed by atoms with Crippen LogP contribution in [0, 0.1) is 0 Å². The van der Waals surface area contributed by atoms with Gasteiger partial charge in [-0.25, -0.2) is 9.78 Å². The number of hydrogen-bond acceptors (Lipinski definition) is 9. The first-order valence-electron chi connectivity index (χ1n) is 10.0. The molecule has 0 fully saturated rings. The van der Waals surface area contributed by atoms with Crippen molar-refractivity contribution in [2.75, 3.05) is 33.8 Å². The van der Waals surface area contributed by atoms with E-state index in [0.29, 0.717) is 52.5 Å². The van der Waals surface area contributed by atoms with Crippen molar-refractivity contribution in [2.24, 2.45) is 0 Å². The highest BCUT2D eigenvalue weighted by Gasteiger charge is 2.17. The molecular weight excluding hydrogens is 426 g/mol. The monoisotopic (exact) mass is 449 g/mol. The molecule has 10 nitrogen and oxygen atoms in total. The standard InChI is InChI=1S/C23H23N5O5/c1-30-17-12-15(13-18(31-2)20(17)32-3)25-22-26-19(28-10-9-24-23(28)27-22)11-14-7-5-6-8-16(14)21(29)33-4/h5-10,12-13H,11H2,1-4H3,(H,24,25,27). The van der Waals surface area contributed by atoms with E-state index in [9.17, 15) is 4.79 Å². The molecule has 0 aliphatic rings. The Morgan fingerprint density at radius 3 is 2.39 bits per heavy atom. The van der Waals surface area contributed by atoms with Crippen LogP contribution >= 0.6 is 0 Å². The van der Waals surface area contributed by atoms with Crippen LogP contribution in [0.1, 0.15) is 21.7 Å². The topological polar surface area (TPSA) is 109 Å². The molecule has 1 N–H and O–H groups in total. The number of ether oxygens (including phenoxy) is 4. The quantitative estimate of drug-likeness (QED) is 0.405. The average molecular weight is 449 g/mol. The fourth-order valence-electron chi connectivity index (χ4n) is 3.49. The number of imidazole rings is 1. The molecule has 2 aromatic heterocycles. The molecule has 0 spiro atoms. The fourth-order valence-corrected chi connectivity index (χ4v) is 3.49. The number of nitrogens with zero attached hydrogens (tertiary/aromatic N) is 4. The smallest absolute Gasteiger partial charge is 0.338 e. The van der Waals surface area contributed by atoms with Gasteiger partial charge < -0.3 is 24.3 Å². The molecule has 0 unspecified atom stereocenters. The number of benzene rings is 2. The Balaban J connectivity index is 1.73. The van der Waals surface area contributed by atoms with Crippen LogP contribution in [0.15, 0.2) is 48.8 Å². The third kappa shape index (κ3) is 4.36. The van der Waals surface area contributed by atoms with Gasteiger partial charge in [-0.15, -0.1) is 0 Å². The minimum Gasteiger partial charge on any atom is -0.493 e. The SMILES string of the molecule is COC(=O)c1ccccc1Cc1nc(Nc2cc(OC)c(OC)c(OC)c2)nc2nccn12. The van der Waals surface area contributed by atoms with Crippen LogP contribution < -0.4 is 19.5 Å². The Labute approximate surface area is 190 Å². The number of anilines is 2. The van der Waals surface area contributed by atoms with E-state index in [4.69, 9.17) is 18.9 Å². The van der Waals surface area contributed by atoms with Crippen LogP contribution in [0.5, 0.6) is 17.2 Å². The van der Waals surface area contributed by atoms with Crippen molar-refractivity contribution >= 4 is 23.4 Å². The lowest BCUT2D eigenvalue weighted by molar-refractivity contribution is 0.0599. The number of esters is 1. The van der Waals surface area contributed by atoms with E-state index in [1.54, 1.807) is 62.4 Å². The van der Waals surface area contributed by atoms with Gasteiger partial charge in [-0.1, -0.05) is 18.2 Å². The summed E-state index contributed by atoms with van der Waals surface area (Å²) in [6.45, 7) is 0. The molecule has 0 bridgehead atoms. The molecule has 2 heterocycles. The molecule has 0 aliphatic heterocycles. The Kier molecular flexibility index (Phi) is 6.25. The largest absolute Gasteiger partial charge is 0.493 e. The average Bonchev–Trinajstić information content (AvgIpc) is 3.32. The van der Waals surface area contributed by atoms with Crippen molar-refractivity contribution in [1.29, 1.82) is 0 Å². The van der Waals surface area contributed by atoms with Crippen LogP contribution in [-0.4, -0.2) is 53.8 Å². The molecule has 0 amide bonds. The van der Waals surface area contributed by atoms with E-state index in [-0.39, 0.29) is 0 Å². The highest BCUT2D eigenvalue weighted by atomic mass is 16.5. The second kappa shape index (κ2) is 9.43. The highest BCUT2D eigenvalue weighted by molar-refractivity contribution is 5.91. The van der Waals surface area contributed by atoms with Crippen molar-refractivity contribution in [2.45, 2.75) is 6.42 Å². The molecule has 170 valence electrons. The maximum absolute atomic E-state index is 12.2. The number of rotatable bonds is 8. The van der Waals surface area contributed by atoms with Crippen molar-refractivity contribution in [3.8, 4) is 17.2 Å². The summed E-state index contributed by atoms with van der Waals surface area (Å²) in [7, 11) is 5.99. The van der Waals surface area contributed by atoms with E-state index in [2.05, 4.69) is 20.3 Å². The first-order valence-corrected chi connectivity index (χ1v) is 10.0. The van der Waals surface area contributed by atoms with E-state index >= 15 is 0 Å². The van der Waals surface area contributed by atoms with E-state index in [1.807, 2.05) is 12.1 Å². The lowest BCUT2D eigenvalue weighted by Crippen LogP contribution is -2.11. The Bertz CT molecular complexity index is 1280. The minimum atomic E-state index is -0.405. The fraction of sp³-hybridized carbons (Fsp3) is 0.217. The first kappa shape index (κ1) is 21.9. The number of methoxy groups -OCH3 is 4. The van der Waals surface area contributed by atoms with Crippen LogP contribution in [0.3, 0.4) is 0 Å². The molecule has 0 saturated heterocycles. The van der Waals surface area contributed by atoms with Gasteiger partial charge in [0.05, 0.1) is 34.0 Å². The number of carbonyl (C=O) groups is 1. The summed E-state index contributed by atoms with van der Waals surface area (Å²) in [5.74, 6) is 2.50. The summed E-state index contributed by atoms with van der Waals surface area (Å²) >= 11 is 0. The lowest BCUT2D eigenvalue weighted by Gasteiger charge is -2.15. The zero-order valence-electron chi connectivity index (χ0n) is 18.7. The summed E-state index contributed by atoms with van der Waals surface area (Å²) in [5, 5.41) is 3.18. The van der Waals surface area contributed by atoms with Gasteiger partial charge in [0.2, 0.25) is 17.5 Å². The molecule has 0 atom stereocenters. The van der Waals surface area contributed by atoms with Gasteiger partial charge in [-0.2, -0.15) is 9.97 Å². The van der Waals surface area contributed by atoms with Crippen molar-refractivity contribution in [1.82, 2.24) is 19.4 Å². The van der Waals surface area contributed by atoms with Crippen LogP contribution in [0.4, 0.5) is 11.6 Å². The molecule has 4 aromatic rings. The highest BCUT2D eigenvalue weighted by Crippen LogP contribution is 2.40. The normalized spacial score (nSPS) is 10.7. The van der Waals surface area contributed by atoms with E-state index < -0.39 is 5.97 Å². The van der Waals surface area contributed by atoms with Gasteiger partial charge in [0.1, 0.15) is 5.82 Å². The van der Waals surface area contributed by atoms with E-state index in [0.717, 1.165) is 5.56 Å². The van der Waals surface area contributed by atoms with Crippen molar-refractivity contribution in [3.63, 3.8) is 0 Å². The van der Waals surface area contributed by atoms with Crippen molar-refractivity contribution < 1.29 is 23.7 Å². The van der Waals surface area contributed by atoms with Crippen LogP contribution in [0.2, 0.25) is 0 Å². The lowest BCUT2D eigenvalue weighted by atomic mass is 10.0. The van der Waals surface area contributed by atoms with Gasteiger partial charge in [0.15, 0.2) is 11.5 Å². The zero-order valence-corrected chi connectivity index (χ0v) is 18.7. The van der Waals surface area contributed by atoms with Gasteiger partial charge in [-0.05, 0) is 11.6 Å². The molecular formula is C23H23N5O5. The predicted molar refractivity (Wildman–Crippen MR) is 121 cm³/mol. The first-order chi connectivity index (χ1) is 16.1. The Morgan fingerprint density at radius 2 is 1.73 bits per heavy atom. The summed E-state index contributed by atoms with van der Waals surface area (Å²) < 4.78 is 22.9. The van der Waals surface area contributed by atoms with Gasteiger partial charge in [0.25, 0.3) is 0 Å². The summed E-state index contributed by atoms with van der Waals surface area (Å²) in [4.78, 5) is 25.7. The second-order valence-electron chi connectivity index (χ2n) is 6.93. The third-order valence-electron chi connectivity index (χ3n) is 5.03. The molecule has 10 heteroatoms. The van der Waals surface area contributed by atoms with Crippen LogP contribution in [0.25, 0.3) is 5.78 Å². The van der Waals surface area contributed by atoms with Gasteiger partial charge in [-0.3, -0.25) is 4.40 Å². The maximum atomic E-state index is 12.2. The molecule has 0 aliphatic carbocycles. The molecule has 2 aromatic carbocycles. The molecule has 0 saturated carbocycles. The Hall–Kier alpha value is -4.34. The third-order valence-corrected chi connectivity index (χ3v) is 5.03. The summed E-state index contributed by atoms with van der Waals surface area (Å²) in [5.41, 5.74) is 1.89. The number of nitrogens with one attached hydrogen (secondary N) is 1. The molecule has 33 heavy (non-hydrogen) atoms. The van der Waals surface area contributed by atoms with Crippen molar-refractivity contribution in [3.05, 3.63) is 65.7 Å². The van der Waals surface area contributed by atoms with Gasteiger partial charge >= 0.3 is 5.97 Å². The maximum Gasteiger partial charge on any atom is 0.338 e. The van der Waals surface area contributed by atoms with Crippen LogP contribution in [-0.2, 0) is 11.2 Å². The number of aromatic nitrogens is 4. The molecule has 0 radical (unpaired) electrons. The Morgan fingerprint density at radius 1 is 1.00 bits per heavy atom. The number of carbonyl (C=O) groups excluding carboxylic acids is 1. The number of fused-ring (bicyclic) bond motifs is 1. The van der Waals surface area contributed by atoms with E-state index in [1.165, 1.54) is 7.11 Å². The predicted octanol–water partition coefficient (Wildman–Crippen LogP) is 3.27. The second-order valence-corrected chi connectivity index (χ2v) is 6.93. The zero-order chi connectivity index (χ0) is 23.4. The minimum absolute atomic E-state index is 0.327. The summed E-state index contributed by atoms with van der Waals surface area (Å²) in [6.07, 6.45) is 3.78. The number of hydrogen-bond donors (Lipinski definition) is 1. The molecule has 4 rings (SSSR count).